The van der Waals surface area contributed by atoms with Crippen molar-refractivity contribution in [2.24, 2.45) is 0 Å². The third-order valence-electron chi connectivity index (χ3n) is 3.00. The van der Waals surface area contributed by atoms with Crippen LogP contribution in [0, 0.1) is 0 Å². The number of sulfonamides is 1. The van der Waals surface area contributed by atoms with Gasteiger partial charge in [0.05, 0.1) is 23.9 Å². The zero-order valence-electron chi connectivity index (χ0n) is 12.8. The number of hydrogen-bond donors (Lipinski definition) is 2. The van der Waals surface area contributed by atoms with Crippen LogP contribution >= 0.6 is 15.9 Å². The van der Waals surface area contributed by atoms with E-state index < -0.39 is 10.0 Å². The Balaban J connectivity index is 1.84. The van der Waals surface area contributed by atoms with Crippen LogP contribution in [0.3, 0.4) is 0 Å². The molecule has 1 heterocycles. The first-order chi connectivity index (χ1) is 11.4. The Hall–Kier alpha value is -1.97. The number of nitrogens with one attached hydrogen (secondary N) is 2. The molecule has 0 aliphatic heterocycles. The second-order valence-electron chi connectivity index (χ2n) is 4.74. The number of methoxy groups -OCH3 is 1. The van der Waals surface area contributed by atoms with E-state index in [0.717, 1.165) is 4.47 Å². The summed E-state index contributed by atoms with van der Waals surface area (Å²) in [5.74, 6) is 0.121. The standard InChI is InChI=1S/C15H16BrN3O4S/c1-23-15-7-4-12(10-17-15)19-14(20)8-9-18-24(21,22)13-5-2-11(16)3-6-13/h2-7,10,18H,8-9H2,1H3,(H,19,20). The Morgan fingerprint density at radius 3 is 2.50 bits per heavy atom. The van der Waals surface area contributed by atoms with E-state index in [2.05, 4.69) is 31.0 Å². The highest BCUT2D eigenvalue weighted by Crippen LogP contribution is 2.14. The second-order valence-corrected chi connectivity index (χ2v) is 7.42. The predicted molar refractivity (Wildman–Crippen MR) is 93.4 cm³/mol. The highest BCUT2D eigenvalue weighted by atomic mass is 79.9. The van der Waals surface area contributed by atoms with E-state index >= 15 is 0 Å². The SMILES string of the molecule is COc1ccc(NC(=O)CCNS(=O)(=O)c2ccc(Br)cc2)cn1. The Morgan fingerprint density at radius 1 is 1.21 bits per heavy atom. The summed E-state index contributed by atoms with van der Waals surface area (Å²) in [7, 11) is -2.14. The fraction of sp³-hybridized carbons (Fsp3) is 0.200. The molecule has 128 valence electrons. The molecule has 1 amide bonds. The van der Waals surface area contributed by atoms with E-state index in [9.17, 15) is 13.2 Å². The molecule has 24 heavy (non-hydrogen) atoms. The van der Waals surface area contributed by atoms with Crippen LogP contribution in [0.15, 0.2) is 52.0 Å². The van der Waals surface area contributed by atoms with Gasteiger partial charge in [0, 0.05) is 23.5 Å². The van der Waals surface area contributed by atoms with Gasteiger partial charge in [-0.1, -0.05) is 15.9 Å². The molecule has 9 heteroatoms. The van der Waals surface area contributed by atoms with E-state index in [4.69, 9.17) is 4.74 Å². The van der Waals surface area contributed by atoms with Gasteiger partial charge in [0.15, 0.2) is 0 Å². The molecule has 0 unspecified atom stereocenters. The number of nitrogens with zero attached hydrogens (tertiary/aromatic N) is 1. The molecule has 0 spiro atoms. The number of carbonyl (C=O) groups is 1. The highest BCUT2D eigenvalue weighted by Gasteiger charge is 2.14. The quantitative estimate of drug-likeness (QED) is 0.724. The minimum Gasteiger partial charge on any atom is -0.481 e. The molecular weight excluding hydrogens is 398 g/mol. The molecule has 0 radical (unpaired) electrons. The first-order valence-electron chi connectivity index (χ1n) is 6.96. The molecule has 1 aromatic heterocycles. The number of carbonyl (C=O) groups excluding carboxylic acids is 1. The maximum atomic E-state index is 12.1. The third-order valence-corrected chi connectivity index (χ3v) is 5.00. The van der Waals surface area contributed by atoms with Gasteiger partial charge in [-0.25, -0.2) is 18.1 Å². The van der Waals surface area contributed by atoms with Crippen LogP contribution in [0.2, 0.25) is 0 Å². The van der Waals surface area contributed by atoms with Crippen LogP contribution in [0.5, 0.6) is 5.88 Å². The minimum absolute atomic E-state index is 0.00177. The fourth-order valence-corrected chi connectivity index (χ4v) is 3.09. The van der Waals surface area contributed by atoms with Crippen molar-refractivity contribution in [1.82, 2.24) is 9.71 Å². The molecule has 0 atom stereocenters. The van der Waals surface area contributed by atoms with Gasteiger partial charge < -0.3 is 10.1 Å². The Morgan fingerprint density at radius 2 is 1.92 bits per heavy atom. The summed E-state index contributed by atoms with van der Waals surface area (Å²) < 4.78 is 32.2. The van der Waals surface area contributed by atoms with Crippen LogP contribution in [-0.4, -0.2) is 33.0 Å². The molecule has 0 aliphatic carbocycles. The van der Waals surface area contributed by atoms with Crippen molar-refractivity contribution < 1.29 is 17.9 Å². The lowest BCUT2D eigenvalue weighted by Gasteiger charge is -2.08. The summed E-state index contributed by atoms with van der Waals surface area (Å²) >= 11 is 3.24. The summed E-state index contributed by atoms with van der Waals surface area (Å²) in [6.07, 6.45) is 1.46. The molecule has 2 aromatic rings. The summed E-state index contributed by atoms with van der Waals surface area (Å²) in [4.78, 5) is 15.9. The molecular formula is C15H16BrN3O4S. The largest absolute Gasteiger partial charge is 0.481 e. The van der Waals surface area contributed by atoms with Crippen molar-refractivity contribution in [3.05, 3.63) is 47.1 Å². The number of halogens is 1. The average molecular weight is 414 g/mol. The van der Waals surface area contributed by atoms with Crippen molar-refractivity contribution in [3.63, 3.8) is 0 Å². The van der Waals surface area contributed by atoms with Gasteiger partial charge in [-0.3, -0.25) is 4.79 Å². The normalized spacial score (nSPS) is 11.1. The minimum atomic E-state index is -3.63. The molecule has 2 N–H and O–H groups in total. The maximum absolute atomic E-state index is 12.1. The van der Waals surface area contributed by atoms with Gasteiger partial charge in [-0.2, -0.15) is 0 Å². The van der Waals surface area contributed by atoms with Gasteiger partial charge >= 0.3 is 0 Å². The van der Waals surface area contributed by atoms with E-state index in [1.807, 2.05) is 0 Å². The van der Waals surface area contributed by atoms with Crippen molar-refractivity contribution in [2.45, 2.75) is 11.3 Å². The highest BCUT2D eigenvalue weighted by molar-refractivity contribution is 9.10. The first-order valence-corrected chi connectivity index (χ1v) is 9.23. The smallest absolute Gasteiger partial charge is 0.240 e. The molecule has 7 nitrogen and oxygen atoms in total. The van der Waals surface area contributed by atoms with Crippen LogP contribution < -0.4 is 14.8 Å². The van der Waals surface area contributed by atoms with Crippen LogP contribution in [0.4, 0.5) is 5.69 Å². The van der Waals surface area contributed by atoms with Crippen molar-refractivity contribution >= 4 is 37.5 Å². The molecule has 0 aliphatic rings. The number of ether oxygens (including phenoxy) is 1. The third kappa shape index (κ3) is 5.29. The van der Waals surface area contributed by atoms with Gasteiger partial charge in [-0.15, -0.1) is 0 Å². The first kappa shape index (κ1) is 18.4. The number of pyridine rings is 1. The summed E-state index contributed by atoms with van der Waals surface area (Å²) in [5, 5.41) is 2.63. The second kappa shape index (κ2) is 8.22. The van der Waals surface area contributed by atoms with E-state index in [1.165, 1.54) is 25.4 Å². The maximum Gasteiger partial charge on any atom is 0.240 e. The average Bonchev–Trinajstić information content (AvgIpc) is 2.56. The number of benzene rings is 1. The molecule has 0 saturated carbocycles. The number of rotatable bonds is 7. The lowest BCUT2D eigenvalue weighted by molar-refractivity contribution is -0.116. The van der Waals surface area contributed by atoms with Crippen molar-refractivity contribution in [1.29, 1.82) is 0 Å². The van der Waals surface area contributed by atoms with Crippen molar-refractivity contribution in [3.8, 4) is 5.88 Å². The van der Waals surface area contributed by atoms with Crippen LogP contribution in [-0.2, 0) is 14.8 Å². The zero-order chi connectivity index (χ0) is 17.6. The lowest BCUT2D eigenvalue weighted by atomic mass is 10.3. The monoisotopic (exact) mass is 413 g/mol. The van der Waals surface area contributed by atoms with E-state index in [0.29, 0.717) is 11.6 Å². The molecule has 0 bridgehead atoms. The number of hydrogen-bond acceptors (Lipinski definition) is 5. The Labute approximate surface area is 148 Å². The van der Waals surface area contributed by atoms with Crippen molar-refractivity contribution in [2.75, 3.05) is 19.0 Å². The molecule has 2 rings (SSSR count). The van der Waals surface area contributed by atoms with Gasteiger partial charge in [0.2, 0.25) is 21.8 Å². The van der Waals surface area contributed by atoms with Crippen LogP contribution in [0.25, 0.3) is 0 Å². The Bertz CT molecular complexity index is 792. The molecule has 0 saturated heterocycles. The number of aromatic nitrogens is 1. The van der Waals surface area contributed by atoms with Gasteiger partial charge in [-0.05, 0) is 30.3 Å². The summed E-state index contributed by atoms with van der Waals surface area (Å²) in [5.41, 5.74) is 0.511. The lowest BCUT2D eigenvalue weighted by Crippen LogP contribution is -2.27. The van der Waals surface area contributed by atoms with E-state index in [-0.39, 0.29) is 23.8 Å². The Kier molecular flexibility index (Phi) is 6.29. The number of amides is 1. The fourth-order valence-electron chi connectivity index (χ4n) is 1.79. The zero-order valence-corrected chi connectivity index (χ0v) is 15.2. The van der Waals surface area contributed by atoms with E-state index in [1.54, 1.807) is 24.3 Å². The number of anilines is 1. The molecule has 1 aromatic carbocycles. The van der Waals surface area contributed by atoms with Gasteiger partial charge in [0.25, 0.3) is 0 Å². The summed E-state index contributed by atoms with van der Waals surface area (Å²) in [6, 6.07) is 9.50. The topological polar surface area (TPSA) is 97.4 Å². The summed E-state index contributed by atoms with van der Waals surface area (Å²) in [6.45, 7) is -0.00614. The molecule has 0 fully saturated rings. The van der Waals surface area contributed by atoms with Crippen LogP contribution in [0.1, 0.15) is 6.42 Å². The van der Waals surface area contributed by atoms with Gasteiger partial charge in [0.1, 0.15) is 0 Å². The predicted octanol–water partition coefficient (Wildman–Crippen LogP) is 2.16.